The van der Waals surface area contributed by atoms with E-state index < -0.39 is 0 Å². The van der Waals surface area contributed by atoms with Crippen LogP contribution < -0.4 is 15.0 Å². The number of para-hydroxylation sites is 3. The van der Waals surface area contributed by atoms with Gasteiger partial charge in [0.15, 0.2) is 0 Å². The molecule has 0 aromatic heterocycles. The van der Waals surface area contributed by atoms with Crippen molar-refractivity contribution >= 4 is 17.1 Å². The first-order chi connectivity index (χ1) is 13.2. The molecule has 2 aliphatic heterocycles. The number of anilines is 2. The lowest BCUT2D eigenvalue weighted by Crippen LogP contribution is -2.48. The molecule has 2 aliphatic rings. The number of nitrogens with one attached hydrogen (secondary N) is 1. The molecule has 4 rings (SSSR count). The molecule has 0 radical (unpaired) electrons. The van der Waals surface area contributed by atoms with E-state index in [2.05, 4.69) is 50.5 Å². The largest absolute Gasteiger partial charge is 0.495 e. The van der Waals surface area contributed by atoms with Crippen molar-refractivity contribution in [3.8, 4) is 5.75 Å². The van der Waals surface area contributed by atoms with E-state index in [4.69, 9.17) is 4.74 Å². The molecule has 6 nitrogen and oxygen atoms in total. The van der Waals surface area contributed by atoms with Crippen LogP contribution in [0.2, 0.25) is 0 Å². The Labute approximate surface area is 160 Å². The minimum Gasteiger partial charge on any atom is -0.495 e. The van der Waals surface area contributed by atoms with E-state index in [1.807, 2.05) is 30.3 Å². The van der Waals surface area contributed by atoms with E-state index in [9.17, 15) is 0 Å². The zero-order chi connectivity index (χ0) is 18.7. The first kappa shape index (κ1) is 17.8. The zero-order valence-corrected chi connectivity index (χ0v) is 16.1. The quantitative estimate of drug-likeness (QED) is 0.865. The Hall–Kier alpha value is -2.60. The van der Waals surface area contributed by atoms with Crippen LogP contribution in [0.1, 0.15) is 13.3 Å². The molecule has 2 aromatic rings. The summed E-state index contributed by atoms with van der Waals surface area (Å²) in [6.45, 7) is 7.23. The highest BCUT2D eigenvalue weighted by atomic mass is 16.5. The van der Waals surface area contributed by atoms with Gasteiger partial charge in [0.1, 0.15) is 17.1 Å². The number of benzene rings is 2. The van der Waals surface area contributed by atoms with Crippen molar-refractivity contribution in [3.05, 3.63) is 48.5 Å². The number of hydrogen-bond acceptors (Lipinski definition) is 6. The van der Waals surface area contributed by atoms with Crippen molar-refractivity contribution < 1.29 is 4.74 Å². The third kappa shape index (κ3) is 3.90. The van der Waals surface area contributed by atoms with E-state index in [0.29, 0.717) is 0 Å². The molecule has 6 heteroatoms. The van der Waals surface area contributed by atoms with Gasteiger partial charge in [0.25, 0.3) is 0 Å². The van der Waals surface area contributed by atoms with Gasteiger partial charge >= 0.3 is 0 Å². The maximum Gasteiger partial charge on any atom is 0.149 e. The third-order valence-electron chi connectivity index (χ3n) is 5.40. The number of ether oxygens (including phenoxy) is 1. The predicted octanol–water partition coefficient (Wildman–Crippen LogP) is 4.13. The van der Waals surface area contributed by atoms with Crippen molar-refractivity contribution in [2.45, 2.75) is 19.0 Å². The predicted molar refractivity (Wildman–Crippen MR) is 109 cm³/mol. The number of methoxy groups -OCH3 is 1. The minimum absolute atomic E-state index is 0.339. The van der Waals surface area contributed by atoms with Crippen molar-refractivity contribution in [1.29, 1.82) is 0 Å². The van der Waals surface area contributed by atoms with Gasteiger partial charge in [0, 0.05) is 39.1 Å². The third-order valence-corrected chi connectivity index (χ3v) is 5.40. The molecule has 142 valence electrons. The van der Waals surface area contributed by atoms with Crippen LogP contribution in [-0.4, -0.2) is 50.4 Å². The summed E-state index contributed by atoms with van der Waals surface area (Å²) in [6, 6.07) is 16.3. The van der Waals surface area contributed by atoms with Gasteiger partial charge in [-0.15, -0.1) is 0 Å². The number of nitrogens with zero attached hydrogens (tertiary/aromatic N) is 4. The zero-order valence-electron chi connectivity index (χ0n) is 16.1. The fourth-order valence-electron chi connectivity index (χ4n) is 3.74. The van der Waals surface area contributed by atoms with Crippen LogP contribution in [0.5, 0.6) is 5.75 Å². The van der Waals surface area contributed by atoms with Crippen molar-refractivity contribution in [1.82, 2.24) is 4.90 Å². The Morgan fingerprint density at radius 2 is 1.78 bits per heavy atom. The van der Waals surface area contributed by atoms with Crippen LogP contribution in [0.3, 0.4) is 0 Å². The van der Waals surface area contributed by atoms with Gasteiger partial charge in [-0.25, -0.2) is 0 Å². The highest BCUT2D eigenvalue weighted by Gasteiger charge is 2.29. The van der Waals surface area contributed by atoms with Gasteiger partial charge in [-0.3, -0.25) is 4.90 Å². The van der Waals surface area contributed by atoms with Crippen LogP contribution in [0.25, 0.3) is 0 Å². The molecule has 27 heavy (non-hydrogen) atoms. The second-order valence-corrected chi connectivity index (χ2v) is 7.37. The van der Waals surface area contributed by atoms with E-state index in [1.54, 1.807) is 7.11 Å². The lowest BCUT2D eigenvalue weighted by Gasteiger charge is -2.38. The van der Waals surface area contributed by atoms with Gasteiger partial charge in [0.05, 0.1) is 18.5 Å². The molecule has 0 amide bonds. The first-order valence-electron chi connectivity index (χ1n) is 9.57. The van der Waals surface area contributed by atoms with Gasteiger partial charge in [0.2, 0.25) is 0 Å². The second kappa shape index (κ2) is 7.56. The Kier molecular flexibility index (Phi) is 4.99. The van der Waals surface area contributed by atoms with E-state index in [1.165, 1.54) is 5.69 Å². The summed E-state index contributed by atoms with van der Waals surface area (Å²) in [7, 11) is 1.74. The summed E-state index contributed by atoms with van der Waals surface area (Å²) < 4.78 is 5.51. The van der Waals surface area contributed by atoms with Crippen LogP contribution >= 0.6 is 0 Å². The fourth-order valence-corrected chi connectivity index (χ4v) is 3.74. The molecule has 2 aromatic carbocycles. The standard InChI is InChI=1S/C21H27N5O/c1-21(22-17-7-3-4-8-18(17)23-24-21)11-12-25-13-15-26(16-14-25)19-9-5-6-10-20(19)27-2/h3-10,22H,11-16H2,1-2H3. The molecule has 1 atom stereocenters. The highest BCUT2D eigenvalue weighted by molar-refractivity contribution is 5.67. The van der Waals surface area contributed by atoms with Crippen LogP contribution in [-0.2, 0) is 0 Å². The Morgan fingerprint density at radius 3 is 2.59 bits per heavy atom. The summed E-state index contributed by atoms with van der Waals surface area (Å²) in [5.41, 5.74) is 2.83. The molecular weight excluding hydrogens is 338 g/mol. The van der Waals surface area contributed by atoms with E-state index in [0.717, 1.165) is 56.3 Å². The van der Waals surface area contributed by atoms with E-state index in [-0.39, 0.29) is 5.66 Å². The van der Waals surface area contributed by atoms with Gasteiger partial charge in [-0.2, -0.15) is 10.2 Å². The Bertz CT molecular complexity index is 816. The van der Waals surface area contributed by atoms with Crippen molar-refractivity contribution in [2.75, 3.05) is 50.1 Å². The number of rotatable bonds is 5. The Morgan fingerprint density at radius 1 is 1.04 bits per heavy atom. The van der Waals surface area contributed by atoms with E-state index >= 15 is 0 Å². The van der Waals surface area contributed by atoms with Crippen molar-refractivity contribution in [2.24, 2.45) is 10.2 Å². The Balaban J connectivity index is 1.31. The molecule has 1 N–H and O–H groups in total. The smallest absolute Gasteiger partial charge is 0.149 e. The summed E-state index contributed by atoms with van der Waals surface area (Å²) in [5.74, 6) is 0.948. The van der Waals surface area contributed by atoms with Gasteiger partial charge < -0.3 is 15.0 Å². The molecule has 0 spiro atoms. The molecule has 1 fully saturated rings. The van der Waals surface area contributed by atoms with Gasteiger partial charge in [-0.1, -0.05) is 24.3 Å². The first-order valence-corrected chi connectivity index (χ1v) is 9.57. The number of fused-ring (bicyclic) bond motifs is 1. The summed E-state index contributed by atoms with van der Waals surface area (Å²) >= 11 is 0. The van der Waals surface area contributed by atoms with Crippen LogP contribution in [0.15, 0.2) is 58.8 Å². The highest BCUT2D eigenvalue weighted by Crippen LogP contribution is 2.35. The maximum atomic E-state index is 5.51. The second-order valence-electron chi connectivity index (χ2n) is 7.37. The van der Waals surface area contributed by atoms with Gasteiger partial charge in [-0.05, 0) is 31.2 Å². The van der Waals surface area contributed by atoms with Crippen LogP contribution in [0, 0.1) is 0 Å². The lowest BCUT2D eigenvalue weighted by atomic mass is 10.1. The fraction of sp³-hybridized carbons (Fsp3) is 0.429. The summed E-state index contributed by atoms with van der Waals surface area (Å²) in [6.07, 6.45) is 0.930. The van der Waals surface area contributed by atoms with Crippen molar-refractivity contribution in [3.63, 3.8) is 0 Å². The normalized spacial score (nSPS) is 22.2. The number of azo groups is 1. The minimum atomic E-state index is -0.339. The molecule has 1 unspecified atom stereocenters. The molecule has 0 aliphatic carbocycles. The summed E-state index contributed by atoms with van der Waals surface area (Å²) in [4.78, 5) is 4.92. The average Bonchev–Trinajstić information content (AvgIpc) is 2.72. The average molecular weight is 365 g/mol. The number of hydrogen-bond donors (Lipinski definition) is 1. The SMILES string of the molecule is COc1ccccc1N1CCN(CCC2(C)N=Nc3ccccc3N2)CC1. The molecule has 0 bridgehead atoms. The molecule has 2 heterocycles. The number of piperazine rings is 1. The molecule has 1 saturated heterocycles. The summed E-state index contributed by atoms with van der Waals surface area (Å²) in [5, 5.41) is 12.5. The monoisotopic (exact) mass is 365 g/mol. The van der Waals surface area contributed by atoms with Crippen LogP contribution in [0.4, 0.5) is 17.1 Å². The lowest BCUT2D eigenvalue weighted by molar-refractivity contribution is 0.235. The topological polar surface area (TPSA) is 52.5 Å². The maximum absolute atomic E-state index is 5.51. The molecular formula is C21H27N5O. The molecule has 0 saturated carbocycles.